The number of oxime groups is 1. The maximum absolute atomic E-state index is 14.8. The highest BCUT2D eigenvalue weighted by molar-refractivity contribution is 6.37. The Labute approximate surface area is 216 Å². The molecule has 2 heterocycles. The predicted molar refractivity (Wildman–Crippen MR) is 134 cm³/mol. The first-order chi connectivity index (χ1) is 17.2. The number of carbonyl (C=O) groups is 1. The fourth-order valence-corrected chi connectivity index (χ4v) is 4.34. The maximum atomic E-state index is 14.8. The molecule has 11 heteroatoms. The highest BCUT2D eigenvalue weighted by Gasteiger charge is 2.21. The Bertz CT molecular complexity index is 1350. The zero-order chi connectivity index (χ0) is 25.8. The highest BCUT2D eigenvalue weighted by atomic mass is 35.5. The Morgan fingerprint density at radius 2 is 1.72 bits per heavy atom. The number of hydrogen-bond donors (Lipinski definition) is 0. The van der Waals surface area contributed by atoms with Crippen LogP contribution in [-0.2, 0) is 9.63 Å². The van der Waals surface area contributed by atoms with Crippen LogP contribution in [0.5, 0.6) is 0 Å². The van der Waals surface area contributed by atoms with Crippen LogP contribution in [0.1, 0.15) is 11.1 Å². The second-order valence-electron chi connectivity index (χ2n) is 8.22. The van der Waals surface area contributed by atoms with E-state index in [2.05, 4.69) is 10.1 Å². The monoisotopic (exact) mass is 534 g/mol. The fraction of sp³-hybridized carbons (Fsp3) is 0.240. The molecule has 0 bridgehead atoms. The molecule has 1 aromatic heterocycles. The molecule has 2 aromatic carbocycles. The number of likely N-dealkylation sites (N-methyl/N-ethyl adjacent to an activating group) is 1. The molecule has 1 aliphatic rings. The number of rotatable bonds is 6. The Morgan fingerprint density at radius 1 is 1.03 bits per heavy atom. The summed E-state index contributed by atoms with van der Waals surface area (Å²) in [6.07, 6.45) is 1.38. The third kappa shape index (κ3) is 5.75. The van der Waals surface area contributed by atoms with Crippen LogP contribution in [0.3, 0.4) is 0 Å². The lowest BCUT2D eigenvalue weighted by Gasteiger charge is -2.32. The fourth-order valence-electron chi connectivity index (χ4n) is 3.76. The standard InChI is InChI=1S/C25H22Cl2F2N4O3/c1-31-9-11-32(12-10-31)23(35)15-36-30-24(18-7-6-17(28)13-21(18)29)16-5-8-22(34)33(14-16)25-19(26)3-2-4-20(25)27/h2-8,13-14H,9-12,15H2,1H3. The van der Waals surface area contributed by atoms with Crippen molar-refractivity contribution in [1.82, 2.24) is 14.4 Å². The van der Waals surface area contributed by atoms with Crippen molar-refractivity contribution in [3.63, 3.8) is 0 Å². The number of nitrogens with zero attached hydrogens (tertiary/aromatic N) is 4. The van der Waals surface area contributed by atoms with Gasteiger partial charge in [0.1, 0.15) is 17.3 Å². The molecule has 0 aliphatic carbocycles. The van der Waals surface area contributed by atoms with E-state index in [1.807, 2.05) is 7.05 Å². The van der Waals surface area contributed by atoms with E-state index in [1.165, 1.54) is 29.0 Å². The van der Waals surface area contributed by atoms with Gasteiger partial charge in [0.2, 0.25) is 0 Å². The van der Waals surface area contributed by atoms with Crippen LogP contribution in [0.25, 0.3) is 5.69 Å². The molecule has 36 heavy (non-hydrogen) atoms. The van der Waals surface area contributed by atoms with Crippen LogP contribution >= 0.6 is 23.2 Å². The zero-order valence-electron chi connectivity index (χ0n) is 19.3. The van der Waals surface area contributed by atoms with Crippen molar-refractivity contribution in [2.45, 2.75) is 0 Å². The van der Waals surface area contributed by atoms with Gasteiger partial charge in [-0.1, -0.05) is 34.4 Å². The first-order valence-electron chi connectivity index (χ1n) is 11.0. The number of benzene rings is 2. The van der Waals surface area contributed by atoms with E-state index in [-0.39, 0.29) is 45.1 Å². The van der Waals surface area contributed by atoms with Gasteiger partial charge in [-0.15, -0.1) is 0 Å². The van der Waals surface area contributed by atoms with Gasteiger partial charge >= 0.3 is 0 Å². The number of piperazine rings is 1. The molecule has 0 unspecified atom stereocenters. The van der Waals surface area contributed by atoms with Gasteiger partial charge in [0, 0.05) is 55.6 Å². The SMILES string of the molecule is CN1CCN(C(=O)CON=C(c2ccc(=O)n(-c3c(Cl)cccc3Cl)c2)c2ccc(F)cc2F)CC1. The van der Waals surface area contributed by atoms with Crippen molar-refractivity contribution in [2.75, 3.05) is 39.8 Å². The molecule has 0 N–H and O–H groups in total. The molecular weight excluding hydrogens is 513 g/mol. The highest BCUT2D eigenvalue weighted by Crippen LogP contribution is 2.28. The van der Waals surface area contributed by atoms with Gasteiger partial charge in [-0.25, -0.2) is 8.78 Å². The summed E-state index contributed by atoms with van der Waals surface area (Å²) in [7, 11) is 1.97. The van der Waals surface area contributed by atoms with Gasteiger partial charge < -0.3 is 14.6 Å². The van der Waals surface area contributed by atoms with Gasteiger partial charge in [-0.05, 0) is 37.4 Å². The van der Waals surface area contributed by atoms with Gasteiger partial charge in [0.15, 0.2) is 6.61 Å². The molecule has 1 fully saturated rings. The number of para-hydroxylation sites is 1. The lowest BCUT2D eigenvalue weighted by molar-refractivity contribution is -0.137. The Hall–Kier alpha value is -3.27. The van der Waals surface area contributed by atoms with Gasteiger partial charge in [0.25, 0.3) is 11.5 Å². The summed E-state index contributed by atoms with van der Waals surface area (Å²) in [4.78, 5) is 34.3. The summed E-state index contributed by atoms with van der Waals surface area (Å²) in [6.45, 7) is 2.24. The summed E-state index contributed by atoms with van der Waals surface area (Å²) >= 11 is 12.6. The lowest BCUT2D eigenvalue weighted by Crippen LogP contribution is -2.48. The summed E-state index contributed by atoms with van der Waals surface area (Å²) in [5.74, 6) is -1.93. The van der Waals surface area contributed by atoms with Gasteiger partial charge in [0.05, 0.1) is 15.7 Å². The average Bonchev–Trinajstić information content (AvgIpc) is 2.84. The number of hydrogen-bond acceptors (Lipinski definition) is 5. The third-order valence-corrected chi connectivity index (χ3v) is 6.36. The maximum Gasteiger partial charge on any atom is 0.263 e. The summed E-state index contributed by atoms with van der Waals surface area (Å²) in [6, 6.07) is 10.4. The molecule has 3 aromatic rings. The van der Waals surface area contributed by atoms with Crippen molar-refractivity contribution in [2.24, 2.45) is 5.16 Å². The van der Waals surface area contributed by atoms with Crippen LogP contribution in [0.4, 0.5) is 8.78 Å². The topological polar surface area (TPSA) is 67.1 Å². The van der Waals surface area contributed by atoms with Crippen molar-refractivity contribution in [3.05, 3.63) is 97.9 Å². The molecule has 7 nitrogen and oxygen atoms in total. The summed E-state index contributed by atoms with van der Waals surface area (Å²) in [5.41, 5.74) is -0.0886. The van der Waals surface area contributed by atoms with Crippen LogP contribution in [-0.4, -0.2) is 65.8 Å². The van der Waals surface area contributed by atoms with Crippen molar-refractivity contribution < 1.29 is 18.4 Å². The van der Waals surface area contributed by atoms with E-state index < -0.39 is 17.2 Å². The predicted octanol–water partition coefficient (Wildman–Crippen LogP) is 3.97. The normalized spacial score (nSPS) is 14.7. The molecule has 0 spiro atoms. The number of halogens is 4. The number of aromatic nitrogens is 1. The quantitative estimate of drug-likeness (QED) is 0.354. The molecule has 0 saturated carbocycles. The largest absolute Gasteiger partial charge is 0.385 e. The molecule has 1 saturated heterocycles. The van der Waals surface area contributed by atoms with E-state index in [4.69, 9.17) is 28.0 Å². The summed E-state index contributed by atoms with van der Waals surface area (Å²) < 4.78 is 29.6. The number of amides is 1. The van der Waals surface area contributed by atoms with Crippen molar-refractivity contribution in [1.29, 1.82) is 0 Å². The minimum absolute atomic E-state index is 0.0457. The minimum atomic E-state index is -0.892. The Kier molecular flexibility index (Phi) is 8.03. The zero-order valence-corrected chi connectivity index (χ0v) is 20.8. The van der Waals surface area contributed by atoms with E-state index in [0.29, 0.717) is 19.2 Å². The number of pyridine rings is 1. The lowest BCUT2D eigenvalue weighted by atomic mass is 10.0. The molecule has 1 aliphatic heterocycles. The Balaban J connectivity index is 1.70. The van der Waals surface area contributed by atoms with Crippen LogP contribution in [0.2, 0.25) is 10.0 Å². The smallest absolute Gasteiger partial charge is 0.263 e. The second kappa shape index (κ2) is 11.2. The Morgan fingerprint density at radius 3 is 2.39 bits per heavy atom. The molecule has 0 radical (unpaired) electrons. The van der Waals surface area contributed by atoms with Gasteiger partial charge in [-0.3, -0.25) is 14.2 Å². The first kappa shape index (κ1) is 25.8. The van der Waals surface area contributed by atoms with Gasteiger partial charge in [-0.2, -0.15) is 0 Å². The summed E-state index contributed by atoms with van der Waals surface area (Å²) in [5, 5.41) is 4.48. The molecular formula is C25H22Cl2F2N4O3. The van der Waals surface area contributed by atoms with E-state index in [0.717, 1.165) is 19.2 Å². The molecule has 188 valence electrons. The molecule has 0 atom stereocenters. The minimum Gasteiger partial charge on any atom is -0.385 e. The third-order valence-electron chi connectivity index (χ3n) is 5.75. The number of carbonyl (C=O) groups excluding carboxylic acids is 1. The second-order valence-corrected chi connectivity index (χ2v) is 9.03. The van der Waals surface area contributed by atoms with Crippen molar-refractivity contribution >= 4 is 34.8 Å². The molecule has 1 amide bonds. The van der Waals surface area contributed by atoms with E-state index >= 15 is 0 Å². The van der Waals surface area contributed by atoms with Crippen LogP contribution in [0.15, 0.2) is 64.7 Å². The average molecular weight is 535 g/mol. The van der Waals surface area contributed by atoms with Crippen molar-refractivity contribution in [3.8, 4) is 5.69 Å². The van der Waals surface area contributed by atoms with Crippen LogP contribution < -0.4 is 5.56 Å². The van der Waals surface area contributed by atoms with E-state index in [1.54, 1.807) is 23.1 Å². The first-order valence-corrected chi connectivity index (χ1v) is 11.8. The van der Waals surface area contributed by atoms with Crippen LogP contribution in [0, 0.1) is 11.6 Å². The van der Waals surface area contributed by atoms with E-state index in [9.17, 15) is 18.4 Å². The molecule has 4 rings (SSSR count).